The number of carbonyl (C=O) groups is 2. The molecule has 0 aliphatic carbocycles. The highest BCUT2D eigenvalue weighted by molar-refractivity contribution is 7.87. The van der Waals surface area contributed by atoms with Gasteiger partial charge in [-0.1, -0.05) is 12.1 Å². The Hall–Kier alpha value is -1.93. The van der Waals surface area contributed by atoms with Gasteiger partial charge in [-0.05, 0) is 38.8 Å². The zero-order chi connectivity index (χ0) is 17.0. The van der Waals surface area contributed by atoms with E-state index in [4.69, 9.17) is 4.74 Å². The summed E-state index contributed by atoms with van der Waals surface area (Å²) in [7, 11) is -3.82. The first-order valence-corrected chi connectivity index (χ1v) is 8.83. The summed E-state index contributed by atoms with van der Waals surface area (Å²) in [4.78, 5) is 23.4. The Labute approximate surface area is 135 Å². The van der Waals surface area contributed by atoms with Crippen LogP contribution in [0.5, 0.6) is 5.75 Å². The van der Waals surface area contributed by atoms with Crippen LogP contribution in [0.1, 0.15) is 37.0 Å². The fourth-order valence-electron chi connectivity index (χ4n) is 2.25. The van der Waals surface area contributed by atoms with E-state index in [1.54, 1.807) is 18.2 Å². The fourth-order valence-corrected chi connectivity index (χ4v) is 3.54. The standard InChI is InChI=1S/C15H20N2O5S/c1-11(18)13-6-5-7-14(10-13)22-12(2)15(19)16-23(20,21)17-8-3-4-9-17/h5-7,10,12H,3-4,8-9H2,1-2H3,(H,16,19). The van der Waals surface area contributed by atoms with Gasteiger partial charge in [-0.2, -0.15) is 12.7 Å². The fraction of sp³-hybridized carbons (Fsp3) is 0.467. The van der Waals surface area contributed by atoms with Gasteiger partial charge in [0, 0.05) is 18.7 Å². The first-order valence-electron chi connectivity index (χ1n) is 7.39. The largest absolute Gasteiger partial charge is 0.481 e. The van der Waals surface area contributed by atoms with Crippen molar-refractivity contribution >= 4 is 21.9 Å². The second-order valence-electron chi connectivity index (χ2n) is 5.42. The van der Waals surface area contributed by atoms with E-state index in [9.17, 15) is 18.0 Å². The highest BCUT2D eigenvalue weighted by atomic mass is 32.2. The van der Waals surface area contributed by atoms with E-state index in [0.29, 0.717) is 24.4 Å². The average molecular weight is 340 g/mol. The predicted molar refractivity (Wildman–Crippen MR) is 84.4 cm³/mol. The van der Waals surface area contributed by atoms with Crippen molar-refractivity contribution in [3.05, 3.63) is 29.8 Å². The highest BCUT2D eigenvalue weighted by Gasteiger charge is 2.29. The summed E-state index contributed by atoms with van der Waals surface area (Å²) in [6, 6.07) is 6.39. The van der Waals surface area contributed by atoms with Crippen molar-refractivity contribution in [2.75, 3.05) is 13.1 Å². The Balaban J connectivity index is 2.00. The summed E-state index contributed by atoms with van der Waals surface area (Å²) in [5, 5.41) is 0. The number of nitrogens with zero attached hydrogens (tertiary/aromatic N) is 1. The van der Waals surface area contributed by atoms with Gasteiger partial charge in [0.2, 0.25) is 0 Å². The van der Waals surface area contributed by atoms with Crippen molar-refractivity contribution < 1.29 is 22.7 Å². The molecule has 0 bridgehead atoms. The van der Waals surface area contributed by atoms with Crippen molar-refractivity contribution in [2.45, 2.75) is 32.8 Å². The van der Waals surface area contributed by atoms with E-state index in [0.717, 1.165) is 12.8 Å². The Kier molecular flexibility index (Phi) is 5.38. The number of benzene rings is 1. The van der Waals surface area contributed by atoms with E-state index in [1.165, 1.54) is 24.2 Å². The molecule has 23 heavy (non-hydrogen) atoms. The normalized spacial score (nSPS) is 16.8. The zero-order valence-electron chi connectivity index (χ0n) is 13.1. The number of nitrogens with one attached hydrogen (secondary N) is 1. The quantitative estimate of drug-likeness (QED) is 0.783. The van der Waals surface area contributed by atoms with Crippen LogP contribution in [0.25, 0.3) is 0 Å². The lowest BCUT2D eigenvalue weighted by molar-refractivity contribution is -0.125. The summed E-state index contributed by atoms with van der Waals surface area (Å²) in [5.74, 6) is -0.534. The second-order valence-corrected chi connectivity index (χ2v) is 7.09. The molecular weight excluding hydrogens is 320 g/mol. The molecule has 126 valence electrons. The molecule has 8 heteroatoms. The summed E-state index contributed by atoms with van der Waals surface area (Å²) >= 11 is 0. The Bertz CT molecular complexity index is 696. The van der Waals surface area contributed by atoms with Gasteiger partial charge in [-0.3, -0.25) is 9.59 Å². The van der Waals surface area contributed by atoms with Crippen molar-refractivity contribution in [1.29, 1.82) is 0 Å². The van der Waals surface area contributed by atoms with E-state index in [-0.39, 0.29) is 5.78 Å². The minimum Gasteiger partial charge on any atom is -0.481 e. The number of carbonyl (C=O) groups excluding carboxylic acids is 2. The van der Waals surface area contributed by atoms with Gasteiger partial charge in [-0.25, -0.2) is 4.72 Å². The van der Waals surface area contributed by atoms with Crippen LogP contribution in [-0.2, 0) is 15.0 Å². The number of amides is 1. The van der Waals surface area contributed by atoms with E-state index in [2.05, 4.69) is 0 Å². The molecule has 1 unspecified atom stereocenters. The van der Waals surface area contributed by atoms with Crippen LogP contribution >= 0.6 is 0 Å². The van der Waals surface area contributed by atoms with Crippen LogP contribution in [0.4, 0.5) is 0 Å². The summed E-state index contributed by atoms with van der Waals surface area (Å²) in [5.41, 5.74) is 0.458. The minimum atomic E-state index is -3.82. The Morgan fingerprint density at radius 3 is 2.52 bits per heavy atom. The molecule has 1 saturated heterocycles. The maximum Gasteiger partial charge on any atom is 0.303 e. The maximum atomic E-state index is 12.0. The monoisotopic (exact) mass is 340 g/mol. The molecule has 7 nitrogen and oxygen atoms in total. The van der Waals surface area contributed by atoms with E-state index in [1.807, 2.05) is 4.72 Å². The lowest BCUT2D eigenvalue weighted by Gasteiger charge is -2.19. The Morgan fingerprint density at radius 2 is 1.91 bits per heavy atom. The smallest absolute Gasteiger partial charge is 0.303 e. The van der Waals surface area contributed by atoms with Crippen molar-refractivity contribution in [2.24, 2.45) is 0 Å². The molecule has 1 amide bonds. The molecule has 0 aromatic heterocycles. The van der Waals surface area contributed by atoms with Gasteiger partial charge < -0.3 is 4.74 Å². The summed E-state index contributed by atoms with van der Waals surface area (Å²) in [6.45, 7) is 3.71. The maximum absolute atomic E-state index is 12.0. The van der Waals surface area contributed by atoms with Gasteiger partial charge in [-0.15, -0.1) is 0 Å². The van der Waals surface area contributed by atoms with Gasteiger partial charge in [0.25, 0.3) is 5.91 Å². The molecule has 0 saturated carbocycles. The third-order valence-electron chi connectivity index (χ3n) is 3.56. The number of Topliss-reactive ketones (excluding diaryl/α,β-unsaturated/α-hetero) is 1. The van der Waals surface area contributed by atoms with Crippen LogP contribution < -0.4 is 9.46 Å². The number of rotatable bonds is 6. The molecule has 1 aromatic rings. The predicted octanol–water partition coefficient (Wildman–Crippen LogP) is 1.11. The number of hydrogen-bond donors (Lipinski definition) is 1. The highest BCUT2D eigenvalue weighted by Crippen LogP contribution is 2.16. The topological polar surface area (TPSA) is 92.8 Å². The summed E-state index contributed by atoms with van der Waals surface area (Å²) in [6.07, 6.45) is 0.576. The number of hydrogen-bond acceptors (Lipinski definition) is 5. The van der Waals surface area contributed by atoms with Crippen LogP contribution in [0, 0.1) is 0 Å². The van der Waals surface area contributed by atoms with Gasteiger partial charge in [0.05, 0.1) is 0 Å². The SMILES string of the molecule is CC(=O)c1cccc(OC(C)C(=O)NS(=O)(=O)N2CCCC2)c1. The number of ether oxygens (including phenoxy) is 1. The average Bonchev–Trinajstić information content (AvgIpc) is 3.02. The summed E-state index contributed by atoms with van der Waals surface area (Å²) < 4.78 is 32.8. The van der Waals surface area contributed by atoms with E-state index < -0.39 is 22.2 Å². The molecule has 0 spiro atoms. The molecule has 1 aliphatic heterocycles. The molecule has 1 heterocycles. The van der Waals surface area contributed by atoms with Gasteiger partial charge in [0.1, 0.15) is 5.75 Å². The third-order valence-corrected chi connectivity index (χ3v) is 5.06. The first kappa shape index (κ1) is 17.4. The third kappa shape index (κ3) is 4.52. The number of ketones is 1. The molecule has 1 N–H and O–H groups in total. The van der Waals surface area contributed by atoms with Crippen LogP contribution in [0.15, 0.2) is 24.3 Å². The van der Waals surface area contributed by atoms with Crippen LogP contribution in [-0.4, -0.2) is 43.6 Å². The van der Waals surface area contributed by atoms with Crippen molar-refractivity contribution in [1.82, 2.24) is 9.03 Å². The second kappa shape index (κ2) is 7.10. The molecule has 2 rings (SSSR count). The van der Waals surface area contributed by atoms with Crippen LogP contribution in [0.3, 0.4) is 0 Å². The van der Waals surface area contributed by atoms with Gasteiger partial charge in [0.15, 0.2) is 11.9 Å². The molecule has 1 aliphatic rings. The molecular formula is C15H20N2O5S. The Morgan fingerprint density at radius 1 is 1.26 bits per heavy atom. The zero-order valence-corrected chi connectivity index (χ0v) is 13.9. The minimum absolute atomic E-state index is 0.121. The van der Waals surface area contributed by atoms with Crippen LogP contribution in [0.2, 0.25) is 0 Å². The van der Waals surface area contributed by atoms with Crippen molar-refractivity contribution in [3.63, 3.8) is 0 Å². The lowest BCUT2D eigenvalue weighted by Crippen LogP contribution is -2.46. The molecule has 1 aromatic carbocycles. The molecule has 0 radical (unpaired) electrons. The molecule has 1 atom stereocenters. The lowest BCUT2D eigenvalue weighted by atomic mass is 10.1. The van der Waals surface area contributed by atoms with Crippen molar-refractivity contribution in [3.8, 4) is 5.75 Å². The van der Waals surface area contributed by atoms with Gasteiger partial charge >= 0.3 is 10.2 Å². The molecule has 1 fully saturated rings. The first-order chi connectivity index (χ1) is 10.8. The van der Waals surface area contributed by atoms with E-state index >= 15 is 0 Å².